The molecule has 19 heavy (non-hydrogen) atoms. The Morgan fingerprint density at radius 1 is 0.947 bits per heavy atom. The van der Waals surface area contributed by atoms with Crippen molar-refractivity contribution in [2.45, 2.75) is 0 Å². The van der Waals surface area contributed by atoms with Crippen molar-refractivity contribution < 1.29 is 19.5 Å². The fraction of sp³-hybridized carbons (Fsp3) is 0.556. The molecule has 0 aliphatic heterocycles. The average molecular weight is 308 g/mol. The Bertz CT molecular complexity index is 351. The zero-order valence-electron chi connectivity index (χ0n) is 10.1. The van der Waals surface area contributed by atoms with Crippen molar-refractivity contribution in [3.63, 3.8) is 0 Å². The lowest BCUT2D eigenvalue weighted by molar-refractivity contribution is -0.137. The molecule has 0 spiro atoms. The topological polar surface area (TPSA) is 120 Å². The molecule has 0 rings (SSSR count). The minimum atomic E-state index is -1.12. The van der Waals surface area contributed by atoms with E-state index in [1.165, 1.54) is 0 Å². The summed E-state index contributed by atoms with van der Waals surface area (Å²) in [5, 5.41) is 18.7. The first-order valence-corrected chi connectivity index (χ1v) is 6.37. The number of hydrogen-bond donors (Lipinski definition) is 6. The summed E-state index contributed by atoms with van der Waals surface area (Å²) < 4.78 is 0. The Morgan fingerprint density at radius 3 is 2.16 bits per heavy atom. The molecule has 0 bridgehead atoms. The van der Waals surface area contributed by atoms with E-state index >= 15 is 0 Å². The van der Waals surface area contributed by atoms with E-state index in [0.29, 0.717) is 13.1 Å². The second kappa shape index (κ2) is 10.4. The number of amides is 2. The van der Waals surface area contributed by atoms with Crippen LogP contribution in [0.5, 0.6) is 0 Å². The smallest absolute Gasteiger partial charge is 0.322 e. The predicted molar refractivity (Wildman–Crippen MR) is 76.1 cm³/mol. The second-order valence-corrected chi connectivity index (χ2v) is 4.01. The largest absolute Gasteiger partial charge is 0.480 e. The molecule has 8 nitrogen and oxygen atoms in total. The minimum Gasteiger partial charge on any atom is -0.480 e. The Balaban J connectivity index is 3.56. The van der Waals surface area contributed by atoms with E-state index < -0.39 is 18.4 Å². The average Bonchev–Trinajstić information content (AvgIpc) is 2.38. The molecule has 108 valence electrons. The maximum atomic E-state index is 11.1. The fourth-order valence-corrected chi connectivity index (χ4v) is 1.18. The normalized spacial score (nSPS) is 9.32. The molecule has 0 fully saturated rings. The zero-order chi connectivity index (χ0) is 14.7. The summed E-state index contributed by atoms with van der Waals surface area (Å²) >= 11 is 8.66. The van der Waals surface area contributed by atoms with Crippen molar-refractivity contribution in [2.75, 3.05) is 31.9 Å². The van der Waals surface area contributed by atoms with Crippen LogP contribution in [0.25, 0.3) is 0 Å². The third kappa shape index (κ3) is 11.3. The summed E-state index contributed by atoms with van der Waals surface area (Å²) in [6, 6.07) is 0. The molecule has 0 aromatic rings. The molecule has 2 amide bonds. The lowest BCUT2D eigenvalue weighted by Crippen LogP contribution is -2.44. The van der Waals surface area contributed by atoms with Gasteiger partial charge in [0, 0.05) is 13.1 Å². The van der Waals surface area contributed by atoms with Gasteiger partial charge in [-0.2, -0.15) is 12.6 Å². The Morgan fingerprint density at radius 2 is 1.58 bits per heavy atom. The molecule has 0 saturated heterocycles. The van der Waals surface area contributed by atoms with Gasteiger partial charge in [0.2, 0.25) is 11.8 Å². The highest BCUT2D eigenvalue weighted by atomic mass is 32.1. The maximum absolute atomic E-state index is 11.1. The summed E-state index contributed by atoms with van der Waals surface area (Å²) in [6.45, 7) is 0.229. The van der Waals surface area contributed by atoms with E-state index in [2.05, 4.69) is 33.9 Å². The maximum Gasteiger partial charge on any atom is 0.322 e. The lowest BCUT2D eigenvalue weighted by atomic mass is 10.5. The van der Waals surface area contributed by atoms with E-state index in [4.69, 9.17) is 17.3 Å². The first-order chi connectivity index (χ1) is 8.95. The van der Waals surface area contributed by atoms with Crippen LogP contribution in [0.3, 0.4) is 0 Å². The summed E-state index contributed by atoms with van der Waals surface area (Å²) in [7, 11) is 0. The number of carbonyl (C=O) groups is 3. The molecule has 10 heteroatoms. The van der Waals surface area contributed by atoms with Crippen molar-refractivity contribution in [3.8, 4) is 0 Å². The standard InChI is InChI=1S/C9H16N4O4S2/c14-6(12-4-8(16)17)3-13-9(19)11-2-1-10-7(15)5-18/h18H,1-5H2,(H,10,15)(H,12,14)(H,16,17)(H2,11,13,19). The van der Waals surface area contributed by atoms with Crippen LogP contribution < -0.4 is 21.3 Å². The first-order valence-electron chi connectivity index (χ1n) is 5.33. The number of nitrogens with one attached hydrogen (secondary N) is 4. The van der Waals surface area contributed by atoms with Gasteiger partial charge in [-0.25, -0.2) is 0 Å². The van der Waals surface area contributed by atoms with E-state index in [0.717, 1.165) is 0 Å². The molecule has 0 aliphatic carbocycles. The van der Waals surface area contributed by atoms with Crippen molar-refractivity contribution in [2.24, 2.45) is 0 Å². The molecular weight excluding hydrogens is 292 g/mol. The number of thiol groups is 1. The van der Waals surface area contributed by atoms with Crippen molar-refractivity contribution in [1.29, 1.82) is 0 Å². The summed E-state index contributed by atoms with van der Waals surface area (Å²) in [5.41, 5.74) is 0. The number of aliphatic carboxylic acids is 1. The number of carboxylic acid groups (broad SMARTS) is 1. The lowest BCUT2D eigenvalue weighted by Gasteiger charge is -2.10. The van der Waals surface area contributed by atoms with Crippen LogP contribution >= 0.6 is 24.8 Å². The molecule has 0 aromatic carbocycles. The van der Waals surface area contributed by atoms with Gasteiger partial charge in [-0.3, -0.25) is 14.4 Å². The van der Waals surface area contributed by atoms with Crippen LogP contribution in [-0.4, -0.2) is 59.9 Å². The van der Waals surface area contributed by atoms with Crippen LogP contribution in [0.1, 0.15) is 0 Å². The van der Waals surface area contributed by atoms with Crippen LogP contribution in [-0.2, 0) is 14.4 Å². The van der Waals surface area contributed by atoms with Crippen molar-refractivity contribution in [3.05, 3.63) is 0 Å². The summed E-state index contributed by atoms with van der Waals surface area (Å²) in [5.74, 6) is -1.66. The van der Waals surface area contributed by atoms with Gasteiger partial charge in [-0.05, 0) is 12.2 Å². The van der Waals surface area contributed by atoms with Crippen LogP contribution in [0.2, 0.25) is 0 Å². The molecule has 0 radical (unpaired) electrons. The van der Waals surface area contributed by atoms with Gasteiger partial charge in [0.1, 0.15) is 6.54 Å². The van der Waals surface area contributed by atoms with Gasteiger partial charge in [0.15, 0.2) is 5.11 Å². The van der Waals surface area contributed by atoms with Crippen LogP contribution in [0.4, 0.5) is 0 Å². The van der Waals surface area contributed by atoms with E-state index in [-0.39, 0.29) is 23.3 Å². The second-order valence-electron chi connectivity index (χ2n) is 3.29. The van der Waals surface area contributed by atoms with E-state index in [1.807, 2.05) is 0 Å². The summed E-state index contributed by atoms with van der Waals surface area (Å²) in [6.07, 6.45) is 0. The Hall–Kier alpha value is -1.55. The molecule has 0 saturated carbocycles. The molecule has 0 aliphatic rings. The molecule has 0 unspecified atom stereocenters. The van der Waals surface area contributed by atoms with E-state index in [9.17, 15) is 14.4 Å². The Labute approximate surface area is 121 Å². The highest BCUT2D eigenvalue weighted by Crippen LogP contribution is 1.73. The van der Waals surface area contributed by atoms with Crippen molar-refractivity contribution >= 4 is 47.7 Å². The third-order valence-electron chi connectivity index (χ3n) is 1.72. The molecule has 0 heterocycles. The number of hydrogen-bond acceptors (Lipinski definition) is 5. The van der Waals surface area contributed by atoms with E-state index in [1.54, 1.807) is 0 Å². The molecule has 0 aromatic heterocycles. The van der Waals surface area contributed by atoms with Gasteiger partial charge in [-0.15, -0.1) is 0 Å². The fourth-order valence-electron chi connectivity index (χ4n) is 0.894. The highest BCUT2D eigenvalue weighted by molar-refractivity contribution is 7.81. The van der Waals surface area contributed by atoms with Gasteiger partial charge in [0.25, 0.3) is 0 Å². The van der Waals surface area contributed by atoms with Gasteiger partial charge < -0.3 is 26.4 Å². The Kier molecular flexibility index (Phi) is 9.53. The van der Waals surface area contributed by atoms with Gasteiger partial charge in [-0.1, -0.05) is 0 Å². The highest BCUT2D eigenvalue weighted by Gasteiger charge is 2.04. The SMILES string of the molecule is O=C(O)CNC(=O)CNC(=S)NCCNC(=O)CS. The monoisotopic (exact) mass is 308 g/mol. The zero-order valence-corrected chi connectivity index (χ0v) is 11.8. The minimum absolute atomic E-state index is 0.118. The summed E-state index contributed by atoms with van der Waals surface area (Å²) in [4.78, 5) is 32.1. The number of carboxylic acids is 1. The molecule has 0 atom stereocenters. The van der Waals surface area contributed by atoms with Gasteiger partial charge >= 0.3 is 5.97 Å². The quantitative estimate of drug-likeness (QED) is 0.169. The predicted octanol–water partition coefficient (Wildman–Crippen LogP) is -2.30. The number of rotatable bonds is 8. The van der Waals surface area contributed by atoms with Gasteiger partial charge in [0.05, 0.1) is 12.3 Å². The molecule has 5 N–H and O–H groups in total. The van der Waals surface area contributed by atoms with Crippen LogP contribution in [0, 0.1) is 0 Å². The van der Waals surface area contributed by atoms with Crippen LogP contribution in [0.15, 0.2) is 0 Å². The first kappa shape index (κ1) is 17.4. The third-order valence-corrected chi connectivity index (χ3v) is 2.30. The molecular formula is C9H16N4O4S2. The number of carbonyl (C=O) groups excluding carboxylic acids is 2. The number of thiocarbonyl (C=S) groups is 1. The van der Waals surface area contributed by atoms with Crippen molar-refractivity contribution in [1.82, 2.24) is 21.3 Å².